The molecule has 0 atom stereocenters. The highest BCUT2D eigenvalue weighted by atomic mass is 79.9. The summed E-state index contributed by atoms with van der Waals surface area (Å²) in [6.45, 7) is 3.30. The van der Waals surface area contributed by atoms with Crippen molar-refractivity contribution in [1.29, 1.82) is 0 Å². The third-order valence-corrected chi connectivity index (χ3v) is 7.84. The van der Waals surface area contributed by atoms with E-state index in [0.717, 1.165) is 22.1 Å². The number of H-pyrrole nitrogens is 2. The van der Waals surface area contributed by atoms with Gasteiger partial charge in [-0.3, -0.25) is 29.1 Å². The molecule has 0 aliphatic rings. The lowest BCUT2D eigenvalue weighted by Crippen LogP contribution is -2.12. The van der Waals surface area contributed by atoms with Crippen molar-refractivity contribution in [2.45, 2.75) is 0 Å². The Morgan fingerprint density at radius 1 is 0.595 bits per heavy atom. The average molecular weight is 708 g/mol. The summed E-state index contributed by atoms with van der Waals surface area (Å²) in [5.74, 6) is 0. The molecule has 0 radical (unpaired) electrons. The molecule has 0 bridgehead atoms. The molecule has 5 aromatic rings. The summed E-state index contributed by atoms with van der Waals surface area (Å²) in [6.07, 6.45) is 0. The predicted octanol–water partition coefficient (Wildman–Crippen LogP) is 2.17. The Morgan fingerprint density at radius 3 is 1.29 bits per heavy atom. The molecule has 2 aromatic heterocycles. The number of aliphatic hydroxyl groups is 2. The Balaban J connectivity index is 0.000000200. The second-order valence-corrected chi connectivity index (χ2v) is 10.5. The van der Waals surface area contributed by atoms with E-state index in [1.165, 1.54) is 0 Å². The lowest BCUT2D eigenvalue weighted by Gasteiger charge is -2.14. The molecule has 0 aliphatic heterocycles. The maximum atomic E-state index is 11.6. The van der Waals surface area contributed by atoms with Gasteiger partial charge in [0.15, 0.2) is 0 Å². The molecule has 0 amide bonds. The lowest BCUT2D eigenvalue weighted by atomic mass is 10.1. The van der Waals surface area contributed by atoms with Crippen molar-refractivity contribution in [3.05, 3.63) is 86.8 Å². The van der Waals surface area contributed by atoms with Gasteiger partial charge >= 0.3 is 0 Å². The van der Waals surface area contributed by atoms with E-state index in [1.54, 1.807) is 0 Å². The molecule has 0 spiro atoms. The molecule has 3 aromatic carbocycles. The molecule has 12 nitrogen and oxygen atoms in total. The molecule has 42 heavy (non-hydrogen) atoms. The first-order chi connectivity index (χ1) is 20.3. The normalized spacial score (nSPS) is 11.2. The van der Waals surface area contributed by atoms with Crippen LogP contribution >= 0.6 is 31.9 Å². The highest BCUT2D eigenvalue weighted by Gasteiger charge is 2.22. The SMILES string of the molecule is O=c1[nH]c(=O)c2c(Br)c3c(=O)[nH]c(=O)c3c(Br)c12.OCCOCCNc1cccc2c(NCCOCCO)cccc12. The first-order valence-corrected chi connectivity index (χ1v) is 14.5. The standard InChI is InChI=1S/C18H26N2O4.C10H2Br2N2O4/c21-9-13-23-11-7-19-17-5-1-3-15-16(17)4-2-6-18(15)20-8-12-24-14-10-22;11-5-1-2(8(16)13-7(1)15)6(12)4-3(5)9(17)14-10(4)18/h1-6,19-22H,7-14H2;(H,13,15,16)(H,14,17,18). The molecule has 222 valence electrons. The van der Waals surface area contributed by atoms with Crippen molar-refractivity contribution in [2.24, 2.45) is 0 Å². The number of aromatic amines is 2. The average Bonchev–Trinajstić information content (AvgIpc) is 3.45. The highest BCUT2D eigenvalue weighted by molar-refractivity contribution is 9.11. The minimum atomic E-state index is -0.600. The van der Waals surface area contributed by atoms with Gasteiger partial charge in [-0.15, -0.1) is 0 Å². The Labute approximate surface area is 254 Å². The number of rotatable bonds is 12. The summed E-state index contributed by atoms with van der Waals surface area (Å²) < 4.78 is 10.8. The molecule has 0 saturated heterocycles. The van der Waals surface area contributed by atoms with Crippen LogP contribution in [0.5, 0.6) is 0 Å². The number of benzene rings is 3. The molecule has 0 unspecified atom stereocenters. The quantitative estimate of drug-likeness (QED) is 0.105. The van der Waals surface area contributed by atoms with Crippen molar-refractivity contribution in [3.63, 3.8) is 0 Å². The van der Waals surface area contributed by atoms with Crippen LogP contribution in [0.4, 0.5) is 11.4 Å². The summed E-state index contributed by atoms with van der Waals surface area (Å²) in [5, 5.41) is 26.7. The largest absolute Gasteiger partial charge is 0.394 e. The number of anilines is 2. The van der Waals surface area contributed by atoms with Crippen LogP contribution in [0.3, 0.4) is 0 Å². The van der Waals surface area contributed by atoms with Crippen LogP contribution in [-0.4, -0.2) is 72.9 Å². The fourth-order valence-corrected chi connectivity index (χ4v) is 5.98. The van der Waals surface area contributed by atoms with E-state index in [4.69, 9.17) is 19.7 Å². The number of nitrogens with one attached hydrogen (secondary N) is 4. The van der Waals surface area contributed by atoms with Crippen molar-refractivity contribution in [2.75, 3.05) is 63.4 Å². The summed E-state index contributed by atoms with van der Waals surface area (Å²) in [5.41, 5.74) is -0.286. The van der Waals surface area contributed by atoms with Gasteiger partial charge in [0.2, 0.25) is 0 Å². The van der Waals surface area contributed by atoms with Crippen LogP contribution in [0, 0.1) is 0 Å². The molecule has 0 aliphatic carbocycles. The van der Waals surface area contributed by atoms with Gasteiger partial charge in [0.25, 0.3) is 22.2 Å². The zero-order chi connectivity index (χ0) is 30.2. The maximum absolute atomic E-state index is 11.6. The lowest BCUT2D eigenvalue weighted by molar-refractivity contribution is 0.0992. The molecule has 14 heteroatoms. The minimum Gasteiger partial charge on any atom is -0.394 e. The Kier molecular flexibility index (Phi) is 11.0. The van der Waals surface area contributed by atoms with Crippen LogP contribution < -0.4 is 32.9 Å². The number of hydrogen-bond donors (Lipinski definition) is 6. The highest BCUT2D eigenvalue weighted by Crippen LogP contribution is 2.33. The molecule has 5 rings (SSSR count). The van der Waals surface area contributed by atoms with Gasteiger partial charge in [0.05, 0.1) is 61.2 Å². The second kappa shape index (κ2) is 14.7. The van der Waals surface area contributed by atoms with Gasteiger partial charge in [0.1, 0.15) is 0 Å². The summed E-state index contributed by atoms with van der Waals surface area (Å²) in [7, 11) is 0. The van der Waals surface area contributed by atoms with Crippen LogP contribution in [0.15, 0.2) is 64.5 Å². The van der Waals surface area contributed by atoms with Crippen molar-refractivity contribution >= 4 is 75.6 Å². The minimum absolute atomic E-state index is 0.0469. The van der Waals surface area contributed by atoms with Crippen LogP contribution in [-0.2, 0) is 9.47 Å². The predicted molar refractivity (Wildman–Crippen MR) is 170 cm³/mol. The van der Waals surface area contributed by atoms with Crippen molar-refractivity contribution < 1.29 is 19.7 Å². The second-order valence-electron chi connectivity index (χ2n) is 8.93. The van der Waals surface area contributed by atoms with Gasteiger partial charge in [-0.2, -0.15) is 0 Å². The molecule has 6 N–H and O–H groups in total. The monoisotopic (exact) mass is 706 g/mol. The molecular formula is C28H28Br2N4O8. The van der Waals surface area contributed by atoms with Crippen molar-refractivity contribution in [1.82, 2.24) is 9.97 Å². The first-order valence-electron chi connectivity index (χ1n) is 12.9. The van der Waals surface area contributed by atoms with Crippen molar-refractivity contribution in [3.8, 4) is 0 Å². The first kappa shape index (κ1) is 31.5. The number of fused-ring (bicyclic) bond motifs is 3. The Morgan fingerprint density at radius 2 is 0.952 bits per heavy atom. The molecular weight excluding hydrogens is 680 g/mol. The number of aliphatic hydroxyl groups excluding tert-OH is 2. The van der Waals surface area contributed by atoms with Crippen LogP contribution in [0.1, 0.15) is 0 Å². The van der Waals surface area contributed by atoms with E-state index in [0.29, 0.717) is 39.5 Å². The third-order valence-electron chi connectivity index (χ3n) is 6.26. The molecule has 0 fully saturated rings. The number of aromatic nitrogens is 2. The number of hydrogen-bond acceptors (Lipinski definition) is 10. The fourth-order valence-electron chi connectivity index (χ4n) is 4.47. The number of ether oxygens (including phenoxy) is 2. The molecule has 0 saturated carbocycles. The Bertz CT molecular complexity index is 1680. The van der Waals surface area contributed by atoms with Gasteiger partial charge < -0.3 is 30.3 Å². The van der Waals surface area contributed by atoms with Crippen LogP contribution in [0.2, 0.25) is 0 Å². The van der Waals surface area contributed by atoms with Gasteiger partial charge in [-0.1, -0.05) is 24.3 Å². The van der Waals surface area contributed by atoms with E-state index in [-0.39, 0.29) is 43.7 Å². The van der Waals surface area contributed by atoms with Gasteiger partial charge in [0, 0.05) is 44.2 Å². The smallest absolute Gasteiger partial charge is 0.260 e. The summed E-state index contributed by atoms with van der Waals surface area (Å²) >= 11 is 6.21. The fraction of sp³-hybridized carbons (Fsp3) is 0.286. The van der Waals surface area contributed by atoms with E-state index in [2.05, 4.69) is 64.6 Å². The maximum Gasteiger partial charge on any atom is 0.260 e. The number of halogens is 2. The van der Waals surface area contributed by atoms with Gasteiger partial charge in [-0.05, 0) is 44.0 Å². The third kappa shape index (κ3) is 6.80. The van der Waals surface area contributed by atoms with E-state index in [1.807, 2.05) is 24.3 Å². The Hall–Kier alpha value is -3.40. The zero-order valence-electron chi connectivity index (χ0n) is 22.2. The summed E-state index contributed by atoms with van der Waals surface area (Å²) in [4.78, 5) is 50.8. The van der Waals surface area contributed by atoms with E-state index >= 15 is 0 Å². The zero-order valence-corrected chi connectivity index (χ0v) is 25.4. The molecule has 2 heterocycles. The summed E-state index contributed by atoms with van der Waals surface area (Å²) in [6, 6.07) is 12.3. The van der Waals surface area contributed by atoms with E-state index in [9.17, 15) is 19.2 Å². The van der Waals surface area contributed by atoms with Gasteiger partial charge in [-0.25, -0.2) is 0 Å². The topological polar surface area (TPSA) is 183 Å². The van der Waals surface area contributed by atoms with E-state index < -0.39 is 22.2 Å². The van der Waals surface area contributed by atoms with Crippen LogP contribution in [0.25, 0.3) is 32.3 Å².